The Morgan fingerprint density at radius 3 is 2.79 bits per heavy atom. The number of halogens is 1. The first-order valence-electron chi connectivity index (χ1n) is 4.73. The summed E-state index contributed by atoms with van der Waals surface area (Å²) >= 11 is 5.82. The first-order valence-corrected chi connectivity index (χ1v) is 5.17. The van der Waals surface area contributed by atoms with Crippen LogP contribution in [0.2, 0.25) is 0 Å². The quantitative estimate of drug-likeness (QED) is 0.694. The Bertz CT molecular complexity index is 212. The second-order valence-electron chi connectivity index (χ2n) is 3.46. The Morgan fingerprint density at radius 2 is 2.36 bits per heavy atom. The molecule has 1 aliphatic heterocycles. The number of amides is 1. The molecule has 82 valence electrons. The van der Waals surface area contributed by atoms with Crippen LogP contribution in [0, 0.1) is 0 Å². The van der Waals surface area contributed by atoms with Crippen molar-refractivity contribution >= 4 is 17.5 Å². The van der Waals surface area contributed by atoms with Crippen LogP contribution in [-0.4, -0.2) is 53.7 Å². The third kappa shape index (κ3) is 2.38. The lowest BCUT2D eigenvalue weighted by Crippen LogP contribution is -2.35. The van der Waals surface area contributed by atoms with Crippen molar-refractivity contribution in [2.24, 2.45) is 0 Å². The summed E-state index contributed by atoms with van der Waals surface area (Å²) in [5.74, 6) is -0.118. The van der Waals surface area contributed by atoms with Gasteiger partial charge in [-0.05, 0) is 6.42 Å². The molecule has 0 spiro atoms. The van der Waals surface area contributed by atoms with Crippen molar-refractivity contribution in [3.05, 3.63) is 0 Å². The standard InChI is InChI=1S/C9H16ClNO3/c1-3-6(10)9(13)11-4-7(12)8(5-11)14-2/h6-8,12H,3-5H2,1-2H3/t6-,7-,8+/m0/s1. The van der Waals surface area contributed by atoms with E-state index >= 15 is 0 Å². The fourth-order valence-corrected chi connectivity index (χ4v) is 1.68. The third-order valence-corrected chi connectivity index (χ3v) is 2.97. The molecule has 3 atom stereocenters. The van der Waals surface area contributed by atoms with E-state index in [4.69, 9.17) is 16.3 Å². The lowest BCUT2D eigenvalue weighted by Gasteiger charge is -2.18. The molecular weight excluding hydrogens is 206 g/mol. The van der Waals surface area contributed by atoms with Crippen molar-refractivity contribution in [3.8, 4) is 0 Å². The average Bonchev–Trinajstić information content (AvgIpc) is 2.57. The first-order chi connectivity index (χ1) is 6.60. The second-order valence-corrected chi connectivity index (χ2v) is 3.99. The molecule has 0 bridgehead atoms. The summed E-state index contributed by atoms with van der Waals surface area (Å²) in [5.41, 5.74) is 0. The van der Waals surface area contributed by atoms with Gasteiger partial charge in [0.05, 0.1) is 6.10 Å². The zero-order chi connectivity index (χ0) is 10.7. The predicted molar refractivity (Wildman–Crippen MR) is 53.3 cm³/mol. The summed E-state index contributed by atoms with van der Waals surface area (Å²) in [5, 5.41) is 9.01. The molecule has 1 heterocycles. The number of methoxy groups -OCH3 is 1. The molecule has 0 aliphatic carbocycles. The Labute approximate surface area is 88.8 Å². The minimum Gasteiger partial charge on any atom is -0.388 e. The fraction of sp³-hybridized carbons (Fsp3) is 0.889. The number of carbonyl (C=O) groups is 1. The number of β-amino-alcohol motifs (C(OH)–C–C–N with tert-alkyl or cyclic N) is 1. The zero-order valence-electron chi connectivity index (χ0n) is 8.44. The summed E-state index contributed by atoms with van der Waals surface area (Å²) in [6, 6.07) is 0. The summed E-state index contributed by atoms with van der Waals surface area (Å²) in [4.78, 5) is 13.2. The number of rotatable bonds is 3. The molecule has 1 rings (SSSR count). The van der Waals surface area contributed by atoms with Gasteiger partial charge in [-0.2, -0.15) is 0 Å². The molecule has 1 aliphatic rings. The average molecular weight is 222 g/mol. The fourth-order valence-electron chi connectivity index (χ4n) is 1.54. The Kier molecular flexibility index (Phi) is 4.16. The molecule has 1 N–H and O–H groups in total. The first kappa shape index (κ1) is 11.8. The van der Waals surface area contributed by atoms with E-state index in [2.05, 4.69) is 0 Å². The van der Waals surface area contributed by atoms with E-state index in [0.29, 0.717) is 19.5 Å². The number of aliphatic hydroxyl groups is 1. The largest absolute Gasteiger partial charge is 0.388 e. The number of hydrogen-bond acceptors (Lipinski definition) is 3. The molecule has 14 heavy (non-hydrogen) atoms. The SMILES string of the molecule is CC[C@H](Cl)C(=O)N1C[C@H](O)[C@H](OC)C1. The van der Waals surface area contributed by atoms with Crippen molar-refractivity contribution in [2.75, 3.05) is 20.2 Å². The van der Waals surface area contributed by atoms with Gasteiger partial charge in [0.2, 0.25) is 5.91 Å². The van der Waals surface area contributed by atoms with Crippen LogP contribution in [0.3, 0.4) is 0 Å². The molecule has 4 nitrogen and oxygen atoms in total. The monoisotopic (exact) mass is 221 g/mol. The minimum atomic E-state index is -0.593. The van der Waals surface area contributed by atoms with E-state index < -0.39 is 11.5 Å². The molecule has 0 unspecified atom stereocenters. The molecular formula is C9H16ClNO3. The van der Waals surface area contributed by atoms with E-state index in [-0.39, 0.29) is 12.0 Å². The van der Waals surface area contributed by atoms with Crippen LogP contribution >= 0.6 is 11.6 Å². The minimum absolute atomic E-state index is 0.118. The highest BCUT2D eigenvalue weighted by Gasteiger charge is 2.35. The van der Waals surface area contributed by atoms with E-state index in [9.17, 15) is 9.90 Å². The summed E-state index contributed by atoms with van der Waals surface area (Å²) in [6.07, 6.45) is -0.269. The van der Waals surface area contributed by atoms with Crippen LogP contribution in [0.25, 0.3) is 0 Å². The summed E-state index contributed by atoms with van der Waals surface area (Å²) in [7, 11) is 1.53. The Hall–Kier alpha value is -0.320. The van der Waals surface area contributed by atoms with Gasteiger partial charge in [0.1, 0.15) is 11.5 Å². The van der Waals surface area contributed by atoms with Crippen LogP contribution in [-0.2, 0) is 9.53 Å². The highest BCUT2D eigenvalue weighted by atomic mass is 35.5. The van der Waals surface area contributed by atoms with Gasteiger partial charge in [-0.1, -0.05) is 6.92 Å². The van der Waals surface area contributed by atoms with Gasteiger partial charge in [-0.25, -0.2) is 0 Å². The van der Waals surface area contributed by atoms with E-state index in [1.54, 1.807) is 4.90 Å². The van der Waals surface area contributed by atoms with Crippen molar-refractivity contribution in [2.45, 2.75) is 30.9 Å². The summed E-state index contributed by atoms with van der Waals surface area (Å²) in [6.45, 7) is 2.61. The number of hydrogen-bond donors (Lipinski definition) is 1. The maximum atomic E-state index is 11.6. The number of aliphatic hydroxyl groups excluding tert-OH is 1. The Balaban J connectivity index is 2.52. The van der Waals surface area contributed by atoms with Gasteiger partial charge >= 0.3 is 0 Å². The number of nitrogens with zero attached hydrogens (tertiary/aromatic N) is 1. The van der Waals surface area contributed by atoms with Crippen molar-refractivity contribution in [1.82, 2.24) is 4.90 Å². The summed E-state index contributed by atoms with van der Waals surface area (Å²) < 4.78 is 5.03. The van der Waals surface area contributed by atoms with Crippen molar-refractivity contribution < 1.29 is 14.6 Å². The number of ether oxygens (including phenoxy) is 1. The van der Waals surface area contributed by atoms with Gasteiger partial charge in [0.15, 0.2) is 0 Å². The molecule has 1 amide bonds. The highest BCUT2D eigenvalue weighted by molar-refractivity contribution is 6.30. The molecule has 0 radical (unpaired) electrons. The molecule has 1 saturated heterocycles. The lowest BCUT2D eigenvalue weighted by atomic mass is 10.3. The Morgan fingerprint density at radius 1 is 1.71 bits per heavy atom. The molecule has 1 fully saturated rings. The van der Waals surface area contributed by atoms with E-state index in [0.717, 1.165) is 0 Å². The third-order valence-electron chi connectivity index (χ3n) is 2.48. The van der Waals surface area contributed by atoms with Crippen molar-refractivity contribution in [1.29, 1.82) is 0 Å². The maximum absolute atomic E-state index is 11.6. The van der Waals surface area contributed by atoms with Crippen molar-refractivity contribution in [3.63, 3.8) is 0 Å². The molecule has 0 aromatic carbocycles. The van der Waals surface area contributed by atoms with Crippen LogP contribution < -0.4 is 0 Å². The van der Waals surface area contributed by atoms with E-state index in [1.807, 2.05) is 6.92 Å². The molecule has 0 aromatic rings. The van der Waals surface area contributed by atoms with Gasteiger partial charge in [-0.3, -0.25) is 4.79 Å². The van der Waals surface area contributed by atoms with E-state index in [1.165, 1.54) is 7.11 Å². The zero-order valence-corrected chi connectivity index (χ0v) is 9.20. The van der Waals surface area contributed by atoms with Gasteiger partial charge < -0.3 is 14.7 Å². The number of likely N-dealkylation sites (tertiary alicyclic amines) is 1. The molecule has 5 heteroatoms. The second kappa shape index (κ2) is 4.96. The van der Waals surface area contributed by atoms with Crippen LogP contribution in [0.15, 0.2) is 0 Å². The van der Waals surface area contributed by atoms with Crippen LogP contribution in [0.5, 0.6) is 0 Å². The number of alkyl halides is 1. The van der Waals surface area contributed by atoms with Crippen LogP contribution in [0.4, 0.5) is 0 Å². The molecule has 0 aromatic heterocycles. The smallest absolute Gasteiger partial charge is 0.240 e. The lowest BCUT2D eigenvalue weighted by molar-refractivity contribution is -0.130. The van der Waals surface area contributed by atoms with Crippen LogP contribution in [0.1, 0.15) is 13.3 Å². The van der Waals surface area contributed by atoms with Gasteiger partial charge in [0, 0.05) is 20.2 Å². The predicted octanol–water partition coefficient (Wildman–Crippen LogP) is 0.222. The highest BCUT2D eigenvalue weighted by Crippen LogP contribution is 2.16. The number of carbonyl (C=O) groups excluding carboxylic acids is 1. The topological polar surface area (TPSA) is 49.8 Å². The van der Waals surface area contributed by atoms with Gasteiger partial charge in [-0.15, -0.1) is 11.6 Å². The normalized spacial score (nSPS) is 29.3. The van der Waals surface area contributed by atoms with Gasteiger partial charge in [0.25, 0.3) is 0 Å². The maximum Gasteiger partial charge on any atom is 0.240 e. The molecule has 0 saturated carbocycles.